The van der Waals surface area contributed by atoms with E-state index in [1.165, 1.54) is 16.5 Å². The van der Waals surface area contributed by atoms with Crippen molar-refractivity contribution < 1.29 is 19.1 Å². The number of fused-ring (bicyclic) bond motifs is 2. The van der Waals surface area contributed by atoms with Gasteiger partial charge in [0.1, 0.15) is 6.04 Å². The quantitative estimate of drug-likeness (QED) is 0.739. The Balaban J connectivity index is 1.38. The summed E-state index contributed by atoms with van der Waals surface area (Å²) in [6, 6.07) is 7.08. The van der Waals surface area contributed by atoms with Gasteiger partial charge in [0.15, 0.2) is 11.5 Å². The van der Waals surface area contributed by atoms with Gasteiger partial charge in [0.05, 0.1) is 0 Å². The number of hydrogen-bond donors (Lipinski definition) is 1. The molecule has 1 N–H and O–H groups in total. The summed E-state index contributed by atoms with van der Waals surface area (Å²) in [5.41, 5.74) is 2.06. The van der Waals surface area contributed by atoms with Crippen LogP contribution in [0.3, 0.4) is 0 Å². The third-order valence-corrected chi connectivity index (χ3v) is 6.16. The van der Waals surface area contributed by atoms with Crippen LogP contribution < -0.4 is 14.8 Å². The lowest BCUT2D eigenvalue weighted by atomic mass is 10.1. The van der Waals surface area contributed by atoms with Crippen LogP contribution in [0, 0.1) is 0 Å². The third kappa shape index (κ3) is 4.45. The highest BCUT2D eigenvalue weighted by molar-refractivity contribution is 7.10. The Hall–Kier alpha value is -2.80. The van der Waals surface area contributed by atoms with E-state index in [0.29, 0.717) is 31.0 Å². The van der Waals surface area contributed by atoms with Gasteiger partial charge in [0, 0.05) is 24.0 Å². The average Bonchev–Trinajstić information content (AvgIpc) is 3.39. The lowest BCUT2D eigenvalue weighted by Crippen LogP contribution is -2.49. The number of nitrogens with one attached hydrogen (secondary N) is 1. The first-order valence-corrected chi connectivity index (χ1v) is 10.7. The fraction of sp³-hybridized carbons (Fsp3) is 0.364. The first-order valence-electron chi connectivity index (χ1n) is 9.86. The van der Waals surface area contributed by atoms with Crippen LogP contribution in [0.5, 0.6) is 11.5 Å². The van der Waals surface area contributed by atoms with Gasteiger partial charge in [0.25, 0.3) is 0 Å². The summed E-state index contributed by atoms with van der Waals surface area (Å²) in [5.74, 6) is 1.09. The maximum Gasteiger partial charge on any atom is 0.245 e. The normalized spacial score (nSPS) is 16.0. The Kier molecular flexibility index (Phi) is 5.85. The van der Waals surface area contributed by atoms with Crippen LogP contribution in [0.25, 0.3) is 6.08 Å². The van der Waals surface area contributed by atoms with Crippen LogP contribution in [0.4, 0.5) is 0 Å². The fourth-order valence-corrected chi connectivity index (χ4v) is 4.50. The van der Waals surface area contributed by atoms with Crippen molar-refractivity contribution in [3.63, 3.8) is 0 Å². The number of carbonyl (C=O) groups excluding carboxylic acids is 2. The standard InChI is InChI=1S/C22H24N2O4S/c1-2-3-17(22(26)24-10-8-20-16(13-24)9-11-29-20)23-21(25)7-5-15-4-6-18-19(12-15)28-14-27-18/h4-7,9,11-12,17H,2-3,8,10,13-14H2,1H3,(H,23,25). The molecule has 1 aromatic heterocycles. The Morgan fingerprint density at radius 1 is 1.28 bits per heavy atom. The Morgan fingerprint density at radius 2 is 2.14 bits per heavy atom. The molecule has 2 aromatic rings. The first kappa shape index (κ1) is 19.5. The van der Waals surface area contributed by atoms with E-state index < -0.39 is 6.04 Å². The summed E-state index contributed by atoms with van der Waals surface area (Å²) in [6.45, 7) is 3.56. The van der Waals surface area contributed by atoms with Gasteiger partial charge in [0.2, 0.25) is 18.6 Å². The van der Waals surface area contributed by atoms with Crippen molar-refractivity contribution in [3.05, 3.63) is 51.7 Å². The topological polar surface area (TPSA) is 67.9 Å². The van der Waals surface area contributed by atoms with E-state index in [0.717, 1.165) is 18.4 Å². The highest BCUT2D eigenvalue weighted by Gasteiger charge is 2.28. The SMILES string of the molecule is CCCC(NC(=O)C=Cc1ccc2c(c1)OCO2)C(=O)N1CCc2sccc2C1. The van der Waals surface area contributed by atoms with Gasteiger partial charge in [-0.25, -0.2) is 0 Å². The number of nitrogens with zero attached hydrogens (tertiary/aromatic N) is 1. The van der Waals surface area contributed by atoms with Crippen LogP contribution in [-0.4, -0.2) is 36.1 Å². The molecule has 0 radical (unpaired) electrons. The van der Waals surface area contributed by atoms with Crippen molar-refractivity contribution in [2.45, 2.75) is 38.8 Å². The number of rotatable bonds is 6. The second kappa shape index (κ2) is 8.69. The number of amides is 2. The monoisotopic (exact) mass is 412 g/mol. The molecular formula is C22H24N2O4S. The van der Waals surface area contributed by atoms with Crippen molar-refractivity contribution in [1.29, 1.82) is 0 Å². The molecule has 0 saturated heterocycles. The third-order valence-electron chi connectivity index (χ3n) is 5.14. The minimum Gasteiger partial charge on any atom is -0.454 e. The molecule has 1 unspecified atom stereocenters. The molecule has 1 aromatic carbocycles. The Labute approximate surface area is 174 Å². The van der Waals surface area contributed by atoms with E-state index in [2.05, 4.69) is 16.8 Å². The largest absolute Gasteiger partial charge is 0.454 e. The van der Waals surface area contributed by atoms with E-state index in [1.54, 1.807) is 17.4 Å². The Morgan fingerprint density at radius 3 is 3.00 bits per heavy atom. The molecule has 29 heavy (non-hydrogen) atoms. The zero-order valence-electron chi connectivity index (χ0n) is 16.3. The second-order valence-corrected chi connectivity index (χ2v) is 8.18. The summed E-state index contributed by atoms with van der Waals surface area (Å²) in [6.07, 6.45) is 5.50. The molecule has 0 saturated carbocycles. The molecule has 0 bridgehead atoms. The van der Waals surface area contributed by atoms with Gasteiger partial charge >= 0.3 is 0 Å². The summed E-state index contributed by atoms with van der Waals surface area (Å²) >= 11 is 1.75. The minimum absolute atomic E-state index is 0.00599. The van der Waals surface area contributed by atoms with E-state index in [4.69, 9.17) is 9.47 Å². The second-order valence-electron chi connectivity index (χ2n) is 7.17. The van der Waals surface area contributed by atoms with Gasteiger partial charge in [-0.3, -0.25) is 9.59 Å². The number of hydrogen-bond acceptors (Lipinski definition) is 5. The van der Waals surface area contributed by atoms with E-state index in [1.807, 2.05) is 30.0 Å². The molecule has 1 atom stereocenters. The number of ether oxygens (including phenoxy) is 2. The molecule has 0 spiro atoms. The van der Waals surface area contributed by atoms with E-state index >= 15 is 0 Å². The van der Waals surface area contributed by atoms with Crippen LogP contribution >= 0.6 is 11.3 Å². The van der Waals surface area contributed by atoms with Crippen molar-refractivity contribution in [3.8, 4) is 11.5 Å². The van der Waals surface area contributed by atoms with Crippen LogP contribution in [0.1, 0.15) is 35.8 Å². The van der Waals surface area contributed by atoms with Crippen molar-refractivity contribution in [2.24, 2.45) is 0 Å². The molecule has 152 valence electrons. The van der Waals surface area contributed by atoms with Crippen LogP contribution in [0.2, 0.25) is 0 Å². The molecule has 2 aliphatic heterocycles. The average molecular weight is 413 g/mol. The summed E-state index contributed by atoms with van der Waals surface area (Å²) in [7, 11) is 0. The molecule has 2 amide bonds. The van der Waals surface area contributed by atoms with E-state index in [-0.39, 0.29) is 18.6 Å². The highest BCUT2D eigenvalue weighted by atomic mass is 32.1. The lowest BCUT2D eigenvalue weighted by Gasteiger charge is -2.30. The molecule has 4 rings (SSSR count). The molecule has 0 aliphatic carbocycles. The lowest BCUT2D eigenvalue weighted by molar-refractivity contribution is -0.136. The van der Waals surface area contributed by atoms with Gasteiger partial charge in [-0.15, -0.1) is 11.3 Å². The molecule has 7 heteroatoms. The number of thiophene rings is 1. The molecule has 3 heterocycles. The van der Waals surface area contributed by atoms with Crippen molar-refractivity contribution in [2.75, 3.05) is 13.3 Å². The summed E-state index contributed by atoms with van der Waals surface area (Å²) in [4.78, 5) is 28.7. The van der Waals surface area contributed by atoms with Gasteiger partial charge in [-0.05, 0) is 53.6 Å². The van der Waals surface area contributed by atoms with Crippen molar-refractivity contribution >= 4 is 29.2 Å². The van der Waals surface area contributed by atoms with E-state index in [9.17, 15) is 9.59 Å². The minimum atomic E-state index is -0.505. The molecular weight excluding hydrogens is 388 g/mol. The summed E-state index contributed by atoms with van der Waals surface area (Å²) < 4.78 is 10.6. The predicted octanol–water partition coefficient (Wildman–Crippen LogP) is 3.36. The number of benzene rings is 1. The van der Waals surface area contributed by atoms with Crippen LogP contribution in [-0.2, 0) is 22.6 Å². The zero-order chi connectivity index (χ0) is 20.2. The fourth-order valence-electron chi connectivity index (χ4n) is 3.61. The number of carbonyl (C=O) groups is 2. The Bertz CT molecular complexity index is 937. The maximum atomic E-state index is 13.0. The molecule has 2 aliphatic rings. The van der Waals surface area contributed by atoms with Gasteiger partial charge in [-0.1, -0.05) is 19.4 Å². The summed E-state index contributed by atoms with van der Waals surface area (Å²) in [5, 5.41) is 4.96. The molecule has 6 nitrogen and oxygen atoms in total. The predicted molar refractivity (Wildman–Crippen MR) is 112 cm³/mol. The van der Waals surface area contributed by atoms with Gasteiger partial charge in [-0.2, -0.15) is 0 Å². The maximum absolute atomic E-state index is 13.0. The zero-order valence-corrected chi connectivity index (χ0v) is 17.2. The van der Waals surface area contributed by atoms with Crippen molar-refractivity contribution in [1.82, 2.24) is 10.2 Å². The first-order chi connectivity index (χ1) is 14.1. The smallest absolute Gasteiger partial charge is 0.245 e. The highest BCUT2D eigenvalue weighted by Crippen LogP contribution is 2.32. The molecule has 0 fully saturated rings. The van der Waals surface area contributed by atoms with Gasteiger partial charge < -0.3 is 19.7 Å². The van der Waals surface area contributed by atoms with Crippen LogP contribution in [0.15, 0.2) is 35.7 Å².